The summed E-state index contributed by atoms with van der Waals surface area (Å²) >= 11 is 0. The smallest absolute Gasteiger partial charge is 0.157 e. The first kappa shape index (κ1) is 8.93. The van der Waals surface area contributed by atoms with E-state index in [1.165, 1.54) is 0 Å². The maximum Gasteiger partial charge on any atom is 0.157 e. The van der Waals surface area contributed by atoms with E-state index >= 15 is 0 Å². The Morgan fingerprint density at radius 3 is 2.55 bits per heavy atom. The molecule has 0 amide bonds. The van der Waals surface area contributed by atoms with Gasteiger partial charge in [-0.3, -0.25) is 0 Å². The molecule has 1 heterocycles. The second-order valence-corrected chi connectivity index (χ2v) is 2.83. The van der Waals surface area contributed by atoms with E-state index in [-0.39, 0.29) is 6.42 Å². The predicted molar refractivity (Wildman–Crippen MR) is 37.8 cm³/mol. The fourth-order valence-corrected chi connectivity index (χ4v) is 1.27. The summed E-state index contributed by atoms with van der Waals surface area (Å²) in [7, 11) is 0. The summed E-state index contributed by atoms with van der Waals surface area (Å²) in [6, 6.07) is 0. The van der Waals surface area contributed by atoms with E-state index in [0.29, 0.717) is 6.42 Å². The van der Waals surface area contributed by atoms with Crippen molar-refractivity contribution in [2.24, 2.45) is 0 Å². The lowest BCUT2D eigenvalue weighted by molar-refractivity contribution is -0.232. The Morgan fingerprint density at radius 2 is 2.00 bits per heavy atom. The Labute approximate surface area is 65.4 Å². The van der Waals surface area contributed by atoms with Gasteiger partial charge < -0.3 is 20.1 Å². The van der Waals surface area contributed by atoms with E-state index < -0.39 is 24.6 Å². The fourth-order valence-electron chi connectivity index (χ4n) is 1.27. The maximum absolute atomic E-state index is 9.27. The van der Waals surface area contributed by atoms with Crippen LogP contribution < -0.4 is 0 Å². The highest BCUT2D eigenvalue weighted by molar-refractivity contribution is 4.81. The molecule has 1 unspecified atom stereocenters. The number of hydrogen-bond acceptors (Lipinski definition) is 4. The molecule has 3 N–H and O–H groups in total. The van der Waals surface area contributed by atoms with Crippen molar-refractivity contribution in [2.45, 2.75) is 44.4 Å². The lowest BCUT2D eigenvalue weighted by atomic mass is 10.00. The summed E-state index contributed by atoms with van der Waals surface area (Å²) < 4.78 is 4.96. The Kier molecular flexibility index (Phi) is 2.84. The van der Waals surface area contributed by atoms with Crippen LogP contribution in [0.3, 0.4) is 0 Å². The lowest BCUT2D eigenvalue weighted by Gasteiger charge is -2.34. The van der Waals surface area contributed by atoms with Crippen molar-refractivity contribution in [3.05, 3.63) is 0 Å². The van der Waals surface area contributed by atoms with Crippen LogP contribution in [0.4, 0.5) is 0 Å². The van der Waals surface area contributed by atoms with Crippen LogP contribution >= 0.6 is 0 Å². The topological polar surface area (TPSA) is 69.9 Å². The summed E-state index contributed by atoms with van der Waals surface area (Å²) in [5.41, 5.74) is 0. The zero-order valence-electron chi connectivity index (χ0n) is 6.47. The molecule has 0 aromatic carbocycles. The second-order valence-electron chi connectivity index (χ2n) is 2.83. The Morgan fingerprint density at radius 1 is 1.36 bits per heavy atom. The molecule has 11 heavy (non-hydrogen) atoms. The van der Waals surface area contributed by atoms with Gasteiger partial charge >= 0.3 is 0 Å². The van der Waals surface area contributed by atoms with Crippen LogP contribution in [0.1, 0.15) is 19.8 Å². The van der Waals surface area contributed by atoms with E-state index in [1.807, 2.05) is 6.92 Å². The Bertz CT molecular complexity index is 128. The number of rotatable bonds is 1. The van der Waals surface area contributed by atoms with Gasteiger partial charge in [-0.25, -0.2) is 0 Å². The first-order valence-corrected chi connectivity index (χ1v) is 3.84. The molecule has 0 aromatic rings. The molecule has 0 radical (unpaired) electrons. The summed E-state index contributed by atoms with van der Waals surface area (Å²) in [5.74, 6) is 0. The Hall–Kier alpha value is -0.160. The van der Waals surface area contributed by atoms with Gasteiger partial charge in [-0.05, 0) is 6.42 Å². The molecule has 1 aliphatic heterocycles. The monoisotopic (exact) mass is 162 g/mol. The highest BCUT2D eigenvalue weighted by atomic mass is 16.6. The zero-order chi connectivity index (χ0) is 8.43. The highest BCUT2D eigenvalue weighted by Crippen LogP contribution is 2.20. The van der Waals surface area contributed by atoms with Gasteiger partial charge in [0.05, 0.1) is 12.2 Å². The molecule has 0 saturated carbocycles. The number of aliphatic hydroxyl groups is 3. The third-order valence-corrected chi connectivity index (χ3v) is 1.95. The maximum atomic E-state index is 9.27. The summed E-state index contributed by atoms with van der Waals surface area (Å²) in [5, 5.41) is 27.4. The minimum atomic E-state index is -0.932. The van der Waals surface area contributed by atoms with E-state index in [9.17, 15) is 5.11 Å². The van der Waals surface area contributed by atoms with Gasteiger partial charge in [0.1, 0.15) is 6.10 Å². The SMILES string of the molecule is CCC1O[C@@H](O)C[C@@H](O)[C@@H]1O. The van der Waals surface area contributed by atoms with Gasteiger partial charge in [-0.2, -0.15) is 0 Å². The van der Waals surface area contributed by atoms with Crippen molar-refractivity contribution < 1.29 is 20.1 Å². The van der Waals surface area contributed by atoms with Gasteiger partial charge in [-0.1, -0.05) is 6.92 Å². The van der Waals surface area contributed by atoms with E-state index in [0.717, 1.165) is 0 Å². The third-order valence-electron chi connectivity index (χ3n) is 1.95. The van der Waals surface area contributed by atoms with Gasteiger partial charge in [0.25, 0.3) is 0 Å². The number of aliphatic hydroxyl groups excluding tert-OH is 3. The second kappa shape index (κ2) is 3.49. The van der Waals surface area contributed by atoms with Gasteiger partial charge in [0, 0.05) is 6.42 Å². The molecular weight excluding hydrogens is 148 g/mol. The van der Waals surface area contributed by atoms with E-state index in [1.54, 1.807) is 0 Å². The minimum Gasteiger partial charge on any atom is -0.390 e. The molecule has 0 aromatic heterocycles. The average molecular weight is 162 g/mol. The van der Waals surface area contributed by atoms with Crippen molar-refractivity contribution in [2.75, 3.05) is 0 Å². The van der Waals surface area contributed by atoms with Crippen LogP contribution in [0.25, 0.3) is 0 Å². The molecule has 1 aliphatic rings. The van der Waals surface area contributed by atoms with Crippen LogP contribution in [-0.2, 0) is 4.74 Å². The van der Waals surface area contributed by atoms with E-state index in [4.69, 9.17) is 14.9 Å². The third kappa shape index (κ3) is 1.90. The van der Waals surface area contributed by atoms with Crippen molar-refractivity contribution in [3.8, 4) is 0 Å². The van der Waals surface area contributed by atoms with Crippen LogP contribution in [0.15, 0.2) is 0 Å². The molecule has 66 valence electrons. The average Bonchev–Trinajstić information content (AvgIpc) is 1.96. The molecule has 0 bridgehead atoms. The zero-order valence-corrected chi connectivity index (χ0v) is 6.47. The minimum absolute atomic E-state index is 0.0949. The summed E-state index contributed by atoms with van der Waals surface area (Å²) in [6.07, 6.45) is -2.40. The Balaban J connectivity index is 2.51. The van der Waals surface area contributed by atoms with Gasteiger partial charge in [0.2, 0.25) is 0 Å². The van der Waals surface area contributed by atoms with E-state index in [2.05, 4.69) is 0 Å². The first-order valence-electron chi connectivity index (χ1n) is 3.84. The largest absolute Gasteiger partial charge is 0.390 e. The molecule has 1 rings (SSSR count). The van der Waals surface area contributed by atoms with Gasteiger partial charge in [-0.15, -0.1) is 0 Å². The fraction of sp³-hybridized carbons (Fsp3) is 1.00. The van der Waals surface area contributed by atoms with Crippen LogP contribution in [0, 0.1) is 0 Å². The molecule has 4 atom stereocenters. The van der Waals surface area contributed by atoms with Crippen molar-refractivity contribution in [1.29, 1.82) is 0 Å². The number of ether oxygens (including phenoxy) is 1. The molecule has 0 spiro atoms. The van der Waals surface area contributed by atoms with Crippen molar-refractivity contribution in [1.82, 2.24) is 0 Å². The lowest BCUT2D eigenvalue weighted by Crippen LogP contribution is -2.47. The standard InChI is InChI=1S/C7H14O4/c1-2-5-7(10)4(8)3-6(9)11-5/h4-10H,2-3H2,1H3/t4-,5?,6-,7+/m1/s1. The molecular formula is C7H14O4. The van der Waals surface area contributed by atoms with Crippen LogP contribution in [0.5, 0.6) is 0 Å². The molecule has 4 nitrogen and oxygen atoms in total. The quantitative estimate of drug-likeness (QED) is 0.473. The molecule has 1 fully saturated rings. The van der Waals surface area contributed by atoms with Gasteiger partial charge in [0.15, 0.2) is 6.29 Å². The van der Waals surface area contributed by atoms with Crippen molar-refractivity contribution in [3.63, 3.8) is 0 Å². The highest BCUT2D eigenvalue weighted by Gasteiger charge is 2.34. The molecule has 1 saturated heterocycles. The molecule has 0 aliphatic carbocycles. The predicted octanol–water partition coefficient (Wildman–Crippen LogP) is -0.774. The van der Waals surface area contributed by atoms with Crippen LogP contribution in [-0.4, -0.2) is 39.9 Å². The molecule has 4 heteroatoms. The van der Waals surface area contributed by atoms with Crippen molar-refractivity contribution >= 4 is 0 Å². The number of hydrogen-bond donors (Lipinski definition) is 3. The summed E-state index contributed by atoms with van der Waals surface area (Å²) in [4.78, 5) is 0. The normalized spacial score (nSPS) is 45.8. The first-order chi connectivity index (χ1) is 5.15. The summed E-state index contributed by atoms with van der Waals surface area (Å²) in [6.45, 7) is 1.83. The van der Waals surface area contributed by atoms with Crippen LogP contribution in [0.2, 0.25) is 0 Å².